The van der Waals surface area contributed by atoms with Crippen molar-refractivity contribution in [3.63, 3.8) is 0 Å². The fourth-order valence-electron chi connectivity index (χ4n) is 5.03. The van der Waals surface area contributed by atoms with Crippen LogP contribution in [0.5, 0.6) is 0 Å². The van der Waals surface area contributed by atoms with Gasteiger partial charge in [0.05, 0.1) is 29.4 Å². The van der Waals surface area contributed by atoms with E-state index < -0.39 is 21.6 Å². The van der Waals surface area contributed by atoms with Gasteiger partial charge in [-0.05, 0) is 78.4 Å². The number of hydrogen-bond donors (Lipinski definition) is 1. The molecule has 1 saturated heterocycles. The normalized spacial score (nSPS) is 17.3. The van der Waals surface area contributed by atoms with Crippen molar-refractivity contribution in [3.8, 4) is 0 Å². The SMILES string of the molecule is C=C(OC)[C@@H]1CC(Cc2ccc(C(F)(F)F)cc2)CN1c1ccc(C(=O)NCc2ccc(S(=O)(=O)CC)cc2)cc1. The maximum atomic E-state index is 12.9. The number of nitrogens with zero attached hydrogens (tertiary/aromatic N) is 1. The quantitative estimate of drug-likeness (QED) is 0.294. The number of anilines is 1. The van der Waals surface area contributed by atoms with Crippen molar-refractivity contribution < 1.29 is 31.1 Å². The van der Waals surface area contributed by atoms with E-state index in [2.05, 4.69) is 16.8 Å². The van der Waals surface area contributed by atoms with Crippen LogP contribution in [0.2, 0.25) is 0 Å². The summed E-state index contributed by atoms with van der Waals surface area (Å²) in [5.74, 6) is 0.530. The van der Waals surface area contributed by atoms with Gasteiger partial charge in [0.1, 0.15) is 5.76 Å². The molecule has 4 rings (SSSR count). The molecule has 0 spiro atoms. The molecule has 0 aromatic heterocycles. The van der Waals surface area contributed by atoms with Crippen molar-refractivity contribution in [2.24, 2.45) is 5.92 Å². The smallest absolute Gasteiger partial charge is 0.416 e. The van der Waals surface area contributed by atoms with Gasteiger partial charge in [0.15, 0.2) is 9.84 Å². The molecular weight excluding hydrogens is 553 g/mol. The summed E-state index contributed by atoms with van der Waals surface area (Å²) in [5.41, 5.74) is 2.31. The van der Waals surface area contributed by atoms with Crippen LogP contribution in [0.1, 0.15) is 40.4 Å². The Morgan fingerprint density at radius 2 is 1.61 bits per heavy atom. The van der Waals surface area contributed by atoms with E-state index >= 15 is 0 Å². The number of hydrogen-bond acceptors (Lipinski definition) is 5. The average Bonchev–Trinajstić information content (AvgIpc) is 3.39. The second kappa shape index (κ2) is 12.4. The molecule has 3 aromatic carbocycles. The number of rotatable bonds is 10. The Balaban J connectivity index is 1.40. The molecule has 1 N–H and O–H groups in total. The Morgan fingerprint density at radius 1 is 1.00 bits per heavy atom. The fourth-order valence-corrected chi connectivity index (χ4v) is 5.91. The summed E-state index contributed by atoms with van der Waals surface area (Å²) in [4.78, 5) is 15.2. The molecule has 41 heavy (non-hydrogen) atoms. The zero-order chi connectivity index (χ0) is 29.8. The van der Waals surface area contributed by atoms with Crippen LogP contribution in [0.4, 0.5) is 18.9 Å². The number of nitrogens with one attached hydrogen (secondary N) is 1. The molecule has 0 saturated carbocycles. The highest BCUT2D eigenvalue weighted by Gasteiger charge is 2.35. The van der Waals surface area contributed by atoms with Crippen LogP contribution >= 0.6 is 0 Å². The van der Waals surface area contributed by atoms with Gasteiger partial charge in [-0.2, -0.15) is 13.2 Å². The number of carbonyl (C=O) groups is 1. The van der Waals surface area contributed by atoms with Crippen LogP contribution in [0.25, 0.3) is 0 Å². The number of ether oxygens (including phenoxy) is 1. The van der Waals surface area contributed by atoms with Gasteiger partial charge in [0.25, 0.3) is 5.91 Å². The number of methoxy groups -OCH3 is 1. The zero-order valence-corrected chi connectivity index (χ0v) is 23.8. The van der Waals surface area contributed by atoms with E-state index in [1.165, 1.54) is 12.1 Å². The number of alkyl halides is 3. The molecule has 1 heterocycles. The molecule has 6 nitrogen and oxygen atoms in total. The molecule has 3 aromatic rings. The fraction of sp³-hybridized carbons (Fsp3) is 0.323. The molecule has 1 amide bonds. The third-order valence-corrected chi connectivity index (χ3v) is 9.15. The van der Waals surface area contributed by atoms with Gasteiger partial charge in [-0.1, -0.05) is 37.8 Å². The maximum Gasteiger partial charge on any atom is 0.416 e. The summed E-state index contributed by atoms with van der Waals surface area (Å²) in [6.07, 6.45) is -3.01. The van der Waals surface area contributed by atoms with E-state index in [1.54, 1.807) is 50.4 Å². The Bertz CT molecular complexity index is 1470. The van der Waals surface area contributed by atoms with E-state index in [0.717, 1.165) is 35.4 Å². The molecule has 10 heteroatoms. The lowest BCUT2D eigenvalue weighted by molar-refractivity contribution is -0.137. The second-order valence-corrected chi connectivity index (χ2v) is 12.4. The molecule has 0 bridgehead atoms. The molecule has 2 atom stereocenters. The van der Waals surface area contributed by atoms with Crippen molar-refractivity contribution in [1.29, 1.82) is 0 Å². The minimum absolute atomic E-state index is 0.0244. The van der Waals surface area contributed by atoms with E-state index in [1.807, 2.05) is 12.1 Å². The van der Waals surface area contributed by atoms with Crippen LogP contribution in [0.15, 0.2) is 90.0 Å². The van der Waals surface area contributed by atoms with E-state index in [-0.39, 0.29) is 35.1 Å². The highest BCUT2D eigenvalue weighted by molar-refractivity contribution is 7.91. The number of carbonyl (C=O) groups excluding carboxylic acids is 1. The topological polar surface area (TPSA) is 75.7 Å². The van der Waals surface area contributed by atoms with Gasteiger partial charge in [-0.15, -0.1) is 0 Å². The van der Waals surface area contributed by atoms with Gasteiger partial charge < -0.3 is 15.0 Å². The van der Waals surface area contributed by atoms with E-state index in [9.17, 15) is 26.4 Å². The summed E-state index contributed by atoms with van der Waals surface area (Å²) >= 11 is 0. The Hall–Kier alpha value is -3.79. The average molecular weight is 587 g/mol. The van der Waals surface area contributed by atoms with Gasteiger partial charge in [0, 0.05) is 24.3 Å². The van der Waals surface area contributed by atoms with Crippen LogP contribution in [-0.2, 0) is 33.7 Å². The van der Waals surface area contributed by atoms with Crippen LogP contribution in [-0.4, -0.2) is 39.8 Å². The molecule has 218 valence electrons. The zero-order valence-electron chi connectivity index (χ0n) is 22.9. The van der Waals surface area contributed by atoms with Gasteiger partial charge in [-0.3, -0.25) is 4.79 Å². The number of benzene rings is 3. The predicted octanol–water partition coefficient (Wildman–Crippen LogP) is 6.03. The van der Waals surface area contributed by atoms with Gasteiger partial charge in [-0.25, -0.2) is 8.42 Å². The lowest BCUT2D eigenvalue weighted by atomic mass is 9.95. The highest BCUT2D eigenvalue weighted by Crippen LogP contribution is 2.35. The van der Waals surface area contributed by atoms with Crippen molar-refractivity contribution in [1.82, 2.24) is 5.32 Å². The summed E-state index contributed by atoms with van der Waals surface area (Å²) in [7, 11) is -1.72. The van der Waals surface area contributed by atoms with Gasteiger partial charge >= 0.3 is 6.18 Å². The standard InChI is InChI=1S/C31H33F3N2O4S/c1-4-41(38,39)28-15-7-23(8-16-28)19-35-30(37)25-9-13-27(14-10-25)36-20-24(18-29(36)21(2)40-3)17-22-5-11-26(12-6-22)31(32,33)34/h5-16,24,29H,2,4,17-20H2,1,3H3,(H,35,37)/t24?,29-/m0/s1. The number of halogens is 3. The lowest BCUT2D eigenvalue weighted by Gasteiger charge is -2.27. The third-order valence-electron chi connectivity index (χ3n) is 7.40. The lowest BCUT2D eigenvalue weighted by Crippen LogP contribution is -2.31. The maximum absolute atomic E-state index is 12.9. The minimum Gasteiger partial charge on any atom is -0.500 e. The summed E-state index contributed by atoms with van der Waals surface area (Å²) in [5, 5.41) is 2.85. The predicted molar refractivity (Wildman–Crippen MR) is 152 cm³/mol. The Morgan fingerprint density at radius 3 is 2.17 bits per heavy atom. The van der Waals surface area contributed by atoms with Crippen molar-refractivity contribution >= 4 is 21.4 Å². The van der Waals surface area contributed by atoms with Gasteiger partial charge in [0.2, 0.25) is 0 Å². The summed E-state index contributed by atoms with van der Waals surface area (Å²) < 4.78 is 68.2. The third kappa shape index (κ3) is 7.30. The van der Waals surface area contributed by atoms with E-state index in [4.69, 9.17) is 4.74 Å². The van der Waals surface area contributed by atoms with Crippen molar-refractivity contribution in [2.45, 2.75) is 43.4 Å². The first kappa shape index (κ1) is 30.2. The largest absolute Gasteiger partial charge is 0.500 e. The van der Waals surface area contributed by atoms with Crippen LogP contribution in [0, 0.1) is 5.92 Å². The van der Waals surface area contributed by atoms with E-state index in [0.29, 0.717) is 24.3 Å². The number of sulfone groups is 1. The molecule has 1 aliphatic rings. The van der Waals surface area contributed by atoms with Crippen molar-refractivity contribution in [3.05, 3.63) is 107 Å². The second-order valence-electron chi connectivity index (χ2n) is 10.1. The molecule has 1 fully saturated rings. The first-order chi connectivity index (χ1) is 19.4. The van der Waals surface area contributed by atoms with Crippen molar-refractivity contribution in [2.75, 3.05) is 24.3 Å². The Labute approximate surface area is 238 Å². The first-order valence-electron chi connectivity index (χ1n) is 13.3. The van der Waals surface area contributed by atoms with Crippen LogP contribution in [0.3, 0.4) is 0 Å². The Kier molecular flexibility index (Phi) is 9.11. The summed E-state index contributed by atoms with van der Waals surface area (Å²) in [6, 6.07) is 18.8. The molecular formula is C31H33F3N2O4S. The minimum atomic E-state index is -4.36. The summed E-state index contributed by atoms with van der Waals surface area (Å²) in [6.45, 7) is 6.55. The molecule has 1 aliphatic heterocycles. The molecule has 0 radical (unpaired) electrons. The number of amides is 1. The highest BCUT2D eigenvalue weighted by atomic mass is 32.2. The molecule has 0 aliphatic carbocycles. The van der Waals surface area contributed by atoms with Crippen LogP contribution < -0.4 is 10.2 Å². The molecule has 1 unspecified atom stereocenters. The first-order valence-corrected chi connectivity index (χ1v) is 14.9. The monoisotopic (exact) mass is 586 g/mol.